The van der Waals surface area contributed by atoms with E-state index in [0.717, 1.165) is 16.7 Å². The number of carboxylic acid groups (broad SMARTS) is 1. The number of benzene rings is 1. The van der Waals surface area contributed by atoms with Gasteiger partial charge in [-0.3, -0.25) is 9.59 Å². The summed E-state index contributed by atoms with van der Waals surface area (Å²) >= 11 is 1.54. The van der Waals surface area contributed by atoms with Crippen molar-refractivity contribution in [2.24, 2.45) is 0 Å². The van der Waals surface area contributed by atoms with Gasteiger partial charge in [-0.15, -0.1) is 0 Å². The first-order valence-electron chi connectivity index (χ1n) is 7.10. The average molecular weight is 317 g/mol. The van der Waals surface area contributed by atoms with Gasteiger partial charge >= 0.3 is 5.97 Å². The summed E-state index contributed by atoms with van der Waals surface area (Å²) in [4.78, 5) is 23.1. The Labute approximate surface area is 133 Å². The van der Waals surface area contributed by atoms with Crippen molar-refractivity contribution in [2.45, 2.75) is 32.2 Å². The van der Waals surface area contributed by atoms with Crippen LogP contribution in [0.5, 0.6) is 0 Å². The lowest BCUT2D eigenvalue weighted by Crippen LogP contribution is -2.38. The quantitative estimate of drug-likeness (QED) is 0.825. The van der Waals surface area contributed by atoms with Crippen LogP contribution in [0.15, 0.2) is 41.1 Å². The third kappa shape index (κ3) is 5.33. The number of aliphatic carboxylic acids is 1. The molecule has 2 aromatic rings. The molecule has 1 amide bonds. The predicted molar refractivity (Wildman–Crippen MR) is 87.1 cm³/mol. The predicted octanol–water partition coefficient (Wildman–Crippen LogP) is 2.80. The molecule has 0 spiro atoms. The lowest BCUT2D eigenvalue weighted by Gasteiger charge is -2.17. The molecule has 1 aromatic heterocycles. The van der Waals surface area contributed by atoms with Crippen LogP contribution in [0.3, 0.4) is 0 Å². The van der Waals surface area contributed by atoms with Gasteiger partial charge in [0.25, 0.3) is 0 Å². The maximum atomic E-state index is 12.0. The van der Waals surface area contributed by atoms with E-state index in [2.05, 4.69) is 5.32 Å². The number of thiophene rings is 1. The van der Waals surface area contributed by atoms with Gasteiger partial charge in [-0.05, 0) is 41.3 Å². The Morgan fingerprint density at radius 1 is 1.18 bits per heavy atom. The molecule has 0 saturated carbocycles. The first-order valence-corrected chi connectivity index (χ1v) is 8.05. The molecule has 4 nitrogen and oxygen atoms in total. The Morgan fingerprint density at radius 3 is 2.50 bits per heavy atom. The van der Waals surface area contributed by atoms with E-state index >= 15 is 0 Å². The van der Waals surface area contributed by atoms with Gasteiger partial charge in [-0.25, -0.2) is 0 Å². The lowest BCUT2D eigenvalue weighted by atomic mass is 10.0. The zero-order valence-corrected chi connectivity index (χ0v) is 13.2. The molecule has 0 saturated heterocycles. The van der Waals surface area contributed by atoms with Crippen molar-refractivity contribution in [3.05, 3.63) is 57.8 Å². The van der Waals surface area contributed by atoms with Gasteiger partial charge in [0, 0.05) is 6.04 Å². The first-order chi connectivity index (χ1) is 10.5. The highest BCUT2D eigenvalue weighted by Gasteiger charge is 2.17. The SMILES string of the molecule is Cc1ccc(C[C@@H](CC(=O)O)NC(=O)Cc2ccsc2)cc1. The number of nitrogens with one attached hydrogen (secondary N) is 1. The maximum absolute atomic E-state index is 12.0. The van der Waals surface area contributed by atoms with E-state index in [1.54, 1.807) is 11.3 Å². The van der Waals surface area contributed by atoms with Gasteiger partial charge in [0.2, 0.25) is 5.91 Å². The van der Waals surface area contributed by atoms with Crippen LogP contribution in [-0.2, 0) is 22.4 Å². The van der Waals surface area contributed by atoms with Crippen molar-refractivity contribution < 1.29 is 14.7 Å². The molecule has 0 bridgehead atoms. The molecular formula is C17H19NO3S. The van der Waals surface area contributed by atoms with Gasteiger partial charge < -0.3 is 10.4 Å². The van der Waals surface area contributed by atoms with E-state index in [1.165, 1.54) is 0 Å². The number of aryl methyl sites for hydroxylation is 1. The van der Waals surface area contributed by atoms with Crippen molar-refractivity contribution in [3.8, 4) is 0 Å². The molecule has 1 aromatic carbocycles. The van der Waals surface area contributed by atoms with Crippen molar-refractivity contribution in [3.63, 3.8) is 0 Å². The molecule has 0 aliphatic rings. The summed E-state index contributed by atoms with van der Waals surface area (Å²) in [7, 11) is 0. The minimum Gasteiger partial charge on any atom is -0.481 e. The highest BCUT2D eigenvalue weighted by atomic mass is 32.1. The van der Waals surface area contributed by atoms with Crippen molar-refractivity contribution in [2.75, 3.05) is 0 Å². The summed E-state index contributed by atoms with van der Waals surface area (Å²) in [5, 5.41) is 15.7. The molecule has 2 N–H and O–H groups in total. The van der Waals surface area contributed by atoms with Gasteiger partial charge in [0.1, 0.15) is 0 Å². The molecule has 22 heavy (non-hydrogen) atoms. The molecule has 0 aliphatic carbocycles. The molecule has 5 heteroatoms. The van der Waals surface area contributed by atoms with Crippen LogP contribution in [0.25, 0.3) is 0 Å². The Bertz CT molecular complexity index is 620. The molecule has 0 radical (unpaired) electrons. The van der Waals surface area contributed by atoms with E-state index in [9.17, 15) is 9.59 Å². The second kappa shape index (κ2) is 7.75. The fraction of sp³-hybridized carbons (Fsp3) is 0.294. The zero-order valence-electron chi connectivity index (χ0n) is 12.4. The van der Waals surface area contributed by atoms with Crippen LogP contribution in [-0.4, -0.2) is 23.0 Å². The lowest BCUT2D eigenvalue weighted by molar-refractivity contribution is -0.137. The van der Waals surface area contributed by atoms with Gasteiger partial charge in [0.05, 0.1) is 12.8 Å². The number of rotatable bonds is 7. The largest absolute Gasteiger partial charge is 0.481 e. The van der Waals surface area contributed by atoms with Gasteiger partial charge in [-0.1, -0.05) is 29.8 Å². The van der Waals surface area contributed by atoms with Crippen molar-refractivity contribution >= 4 is 23.2 Å². The number of carboxylic acids is 1. The molecule has 0 fully saturated rings. The summed E-state index contributed by atoms with van der Waals surface area (Å²) in [5.74, 6) is -1.05. The van der Waals surface area contributed by atoms with Gasteiger partial charge in [0.15, 0.2) is 0 Å². The Hall–Kier alpha value is -2.14. The van der Waals surface area contributed by atoms with Crippen molar-refractivity contribution in [1.29, 1.82) is 0 Å². The summed E-state index contributed by atoms with van der Waals surface area (Å²) in [6, 6.07) is 9.41. The molecule has 2 rings (SSSR count). The van der Waals surface area contributed by atoms with Crippen LogP contribution in [0.2, 0.25) is 0 Å². The maximum Gasteiger partial charge on any atom is 0.305 e. The number of carbonyl (C=O) groups is 2. The van der Waals surface area contributed by atoms with Crippen LogP contribution >= 0.6 is 11.3 Å². The third-order valence-electron chi connectivity index (χ3n) is 3.33. The minimum absolute atomic E-state index is 0.0801. The second-order valence-corrected chi connectivity index (χ2v) is 6.14. The Kier molecular flexibility index (Phi) is 5.72. The zero-order chi connectivity index (χ0) is 15.9. The molecule has 1 atom stereocenters. The third-order valence-corrected chi connectivity index (χ3v) is 4.07. The van der Waals surface area contributed by atoms with E-state index in [-0.39, 0.29) is 18.7 Å². The topological polar surface area (TPSA) is 66.4 Å². The minimum atomic E-state index is -0.909. The summed E-state index contributed by atoms with van der Waals surface area (Å²) in [5.41, 5.74) is 3.12. The van der Waals surface area contributed by atoms with E-state index < -0.39 is 12.0 Å². The normalized spacial score (nSPS) is 11.9. The van der Waals surface area contributed by atoms with Crippen LogP contribution in [0, 0.1) is 6.92 Å². The van der Waals surface area contributed by atoms with Crippen LogP contribution in [0.4, 0.5) is 0 Å². The standard InChI is InChI=1S/C17H19NO3S/c1-12-2-4-13(5-3-12)8-15(10-17(20)21)18-16(19)9-14-6-7-22-11-14/h2-7,11,15H,8-10H2,1H3,(H,18,19)(H,20,21)/t15-/m0/s1. The summed E-state index contributed by atoms with van der Waals surface area (Å²) in [6.07, 6.45) is 0.721. The number of carbonyl (C=O) groups excluding carboxylic acids is 1. The summed E-state index contributed by atoms with van der Waals surface area (Å²) < 4.78 is 0. The summed E-state index contributed by atoms with van der Waals surface area (Å²) in [6.45, 7) is 2.00. The molecule has 116 valence electrons. The number of hydrogen-bond donors (Lipinski definition) is 2. The average Bonchev–Trinajstić information content (AvgIpc) is 2.93. The van der Waals surface area contributed by atoms with E-state index in [1.807, 2.05) is 48.0 Å². The van der Waals surface area contributed by atoms with E-state index in [0.29, 0.717) is 6.42 Å². The highest BCUT2D eigenvalue weighted by Crippen LogP contribution is 2.10. The number of amides is 1. The molecular weight excluding hydrogens is 298 g/mol. The first kappa shape index (κ1) is 16.2. The molecule has 1 heterocycles. The van der Waals surface area contributed by atoms with E-state index in [4.69, 9.17) is 5.11 Å². The second-order valence-electron chi connectivity index (χ2n) is 5.36. The number of hydrogen-bond acceptors (Lipinski definition) is 3. The smallest absolute Gasteiger partial charge is 0.305 e. The highest BCUT2D eigenvalue weighted by molar-refractivity contribution is 7.07. The fourth-order valence-electron chi connectivity index (χ4n) is 2.25. The van der Waals surface area contributed by atoms with Gasteiger partial charge in [-0.2, -0.15) is 11.3 Å². The fourth-order valence-corrected chi connectivity index (χ4v) is 2.92. The van der Waals surface area contributed by atoms with Crippen LogP contribution in [0.1, 0.15) is 23.1 Å². The molecule has 0 unspecified atom stereocenters. The Morgan fingerprint density at radius 2 is 1.91 bits per heavy atom. The Balaban J connectivity index is 1.97. The monoisotopic (exact) mass is 317 g/mol. The van der Waals surface area contributed by atoms with Crippen LogP contribution < -0.4 is 5.32 Å². The molecule has 0 aliphatic heterocycles. The van der Waals surface area contributed by atoms with Crippen molar-refractivity contribution in [1.82, 2.24) is 5.32 Å².